The second kappa shape index (κ2) is 6.33. The lowest BCUT2D eigenvalue weighted by Crippen LogP contribution is -2.23. The van der Waals surface area contributed by atoms with Crippen LogP contribution in [0.5, 0.6) is 5.75 Å². The highest BCUT2D eigenvalue weighted by Gasteiger charge is 2.32. The Bertz CT molecular complexity index is 756. The fraction of sp³-hybridized carbons (Fsp3) is 0.238. The van der Waals surface area contributed by atoms with Crippen LogP contribution >= 0.6 is 0 Å². The summed E-state index contributed by atoms with van der Waals surface area (Å²) in [7, 11) is 0. The van der Waals surface area contributed by atoms with E-state index in [9.17, 15) is 5.11 Å². The molecule has 0 saturated heterocycles. The van der Waals surface area contributed by atoms with E-state index in [-0.39, 0.29) is 0 Å². The largest absolute Gasteiger partial charge is 0.507 e. The van der Waals surface area contributed by atoms with Crippen LogP contribution in [0.3, 0.4) is 0 Å². The lowest BCUT2D eigenvalue weighted by molar-refractivity contribution is 0.469. The molecular formula is C21H23NO. The van der Waals surface area contributed by atoms with Crippen LogP contribution in [-0.4, -0.2) is 10.0 Å². The molecule has 0 bridgehead atoms. The number of fused-ring (bicyclic) bond motifs is 1. The number of hydrogen-bond acceptors (Lipinski definition) is 2. The Morgan fingerprint density at radius 1 is 1.35 bits per heavy atom. The molecule has 2 aliphatic rings. The third kappa shape index (κ3) is 2.77. The van der Waals surface area contributed by atoms with Crippen LogP contribution in [-0.2, 0) is 0 Å². The Balaban J connectivity index is 2.25. The minimum atomic E-state index is 0.350. The van der Waals surface area contributed by atoms with Gasteiger partial charge in [0.15, 0.2) is 0 Å². The summed E-state index contributed by atoms with van der Waals surface area (Å²) in [6.07, 6.45) is 13.3. The van der Waals surface area contributed by atoms with Gasteiger partial charge in [-0.2, -0.15) is 0 Å². The standard InChI is InChI=1S/C21H23NO/c1-4-7-10-17(5-2)22-18(6-3)14-16-9-8-11-19(23)20(16)21(22)15-12-13-15/h4-5,7-11,14,23H,2,6,12-13H2,1,3H3/b7-4-,17-10+. The minimum absolute atomic E-state index is 0.350. The van der Waals surface area contributed by atoms with Crippen molar-refractivity contribution in [2.75, 3.05) is 0 Å². The van der Waals surface area contributed by atoms with Gasteiger partial charge >= 0.3 is 0 Å². The van der Waals surface area contributed by atoms with E-state index in [1.165, 1.54) is 11.3 Å². The molecule has 0 atom stereocenters. The fourth-order valence-corrected chi connectivity index (χ4v) is 3.05. The normalized spacial score (nSPS) is 17.4. The van der Waals surface area contributed by atoms with Crippen molar-refractivity contribution in [3.63, 3.8) is 0 Å². The van der Waals surface area contributed by atoms with Crippen LogP contribution in [0.15, 0.2) is 66.0 Å². The molecular weight excluding hydrogens is 282 g/mol. The average molecular weight is 305 g/mol. The van der Waals surface area contributed by atoms with Crippen molar-refractivity contribution in [1.82, 2.24) is 4.90 Å². The summed E-state index contributed by atoms with van der Waals surface area (Å²) >= 11 is 0. The summed E-state index contributed by atoms with van der Waals surface area (Å²) in [5.74, 6) is 0.350. The molecule has 0 amide bonds. The van der Waals surface area contributed by atoms with Crippen LogP contribution in [0.2, 0.25) is 0 Å². The number of benzene rings is 1. The van der Waals surface area contributed by atoms with Crippen molar-refractivity contribution >= 4 is 11.8 Å². The van der Waals surface area contributed by atoms with Crippen molar-refractivity contribution in [3.05, 3.63) is 77.2 Å². The molecule has 1 heterocycles. The number of hydrogen-bond donors (Lipinski definition) is 1. The Labute approximate surface area is 138 Å². The summed E-state index contributed by atoms with van der Waals surface area (Å²) in [4.78, 5) is 2.26. The van der Waals surface area contributed by atoms with Gasteiger partial charge in [-0.05, 0) is 61.6 Å². The quantitative estimate of drug-likeness (QED) is 0.731. The molecule has 1 aliphatic heterocycles. The molecule has 1 aromatic carbocycles. The number of phenols is 1. The van der Waals surface area contributed by atoms with Gasteiger partial charge in [0.1, 0.15) is 5.75 Å². The highest BCUT2D eigenvalue weighted by molar-refractivity contribution is 5.86. The average Bonchev–Trinajstić information content (AvgIpc) is 3.39. The van der Waals surface area contributed by atoms with Crippen molar-refractivity contribution in [2.45, 2.75) is 33.1 Å². The van der Waals surface area contributed by atoms with E-state index in [2.05, 4.69) is 36.6 Å². The Kier molecular flexibility index (Phi) is 4.24. The Morgan fingerprint density at radius 3 is 2.74 bits per heavy atom. The van der Waals surface area contributed by atoms with Gasteiger partial charge < -0.3 is 10.0 Å². The van der Waals surface area contributed by atoms with Crippen LogP contribution in [0.4, 0.5) is 0 Å². The molecule has 0 aromatic heterocycles. The lowest BCUT2D eigenvalue weighted by atomic mass is 9.94. The first-order chi connectivity index (χ1) is 11.2. The van der Waals surface area contributed by atoms with Gasteiger partial charge in [-0.25, -0.2) is 0 Å². The molecule has 1 aromatic rings. The van der Waals surface area contributed by atoms with E-state index >= 15 is 0 Å². The van der Waals surface area contributed by atoms with E-state index in [0.29, 0.717) is 5.75 Å². The van der Waals surface area contributed by atoms with E-state index in [1.54, 1.807) is 6.07 Å². The summed E-state index contributed by atoms with van der Waals surface area (Å²) in [5, 5.41) is 10.5. The smallest absolute Gasteiger partial charge is 0.125 e. The first kappa shape index (κ1) is 15.4. The van der Waals surface area contributed by atoms with Crippen molar-refractivity contribution in [1.29, 1.82) is 0 Å². The predicted octanol–water partition coefficient (Wildman–Crippen LogP) is 5.61. The van der Waals surface area contributed by atoms with Crippen molar-refractivity contribution in [3.8, 4) is 5.75 Å². The summed E-state index contributed by atoms with van der Waals surface area (Å²) in [6.45, 7) is 8.16. The zero-order valence-corrected chi connectivity index (χ0v) is 13.8. The minimum Gasteiger partial charge on any atom is -0.507 e. The van der Waals surface area contributed by atoms with Gasteiger partial charge in [0.25, 0.3) is 0 Å². The zero-order chi connectivity index (χ0) is 16.4. The summed E-state index contributed by atoms with van der Waals surface area (Å²) in [5.41, 5.74) is 6.87. The number of phenolic OH excluding ortho intramolecular Hbond substituents is 1. The molecule has 23 heavy (non-hydrogen) atoms. The molecule has 2 nitrogen and oxygen atoms in total. The first-order valence-electron chi connectivity index (χ1n) is 8.21. The Hall–Kier alpha value is -2.48. The van der Waals surface area contributed by atoms with Crippen LogP contribution in [0.25, 0.3) is 11.8 Å². The molecule has 1 fully saturated rings. The van der Waals surface area contributed by atoms with Crippen molar-refractivity contribution in [2.24, 2.45) is 0 Å². The fourth-order valence-electron chi connectivity index (χ4n) is 3.05. The van der Waals surface area contributed by atoms with E-state index < -0.39 is 0 Å². The number of allylic oxidation sites excluding steroid dienone is 6. The highest BCUT2D eigenvalue weighted by Crippen LogP contribution is 2.48. The van der Waals surface area contributed by atoms with Crippen LogP contribution < -0.4 is 0 Å². The maximum atomic E-state index is 10.5. The maximum absolute atomic E-state index is 10.5. The molecule has 2 heteroatoms. The lowest BCUT2D eigenvalue weighted by Gasteiger charge is -2.35. The van der Waals surface area contributed by atoms with E-state index in [0.717, 1.165) is 41.8 Å². The van der Waals surface area contributed by atoms with E-state index in [1.807, 2.05) is 31.2 Å². The summed E-state index contributed by atoms with van der Waals surface area (Å²) < 4.78 is 0. The third-order valence-corrected chi connectivity index (χ3v) is 4.27. The van der Waals surface area contributed by atoms with Crippen molar-refractivity contribution < 1.29 is 5.11 Å². The molecule has 0 spiro atoms. The number of nitrogens with zero attached hydrogens (tertiary/aromatic N) is 1. The third-order valence-electron chi connectivity index (χ3n) is 4.27. The molecule has 0 unspecified atom stereocenters. The number of rotatable bonds is 4. The van der Waals surface area contributed by atoms with Gasteiger partial charge in [0.2, 0.25) is 0 Å². The van der Waals surface area contributed by atoms with Crippen LogP contribution in [0.1, 0.15) is 44.2 Å². The summed E-state index contributed by atoms with van der Waals surface area (Å²) in [6, 6.07) is 5.76. The van der Waals surface area contributed by atoms with Gasteiger partial charge in [0.05, 0.1) is 5.70 Å². The van der Waals surface area contributed by atoms with Gasteiger partial charge in [-0.3, -0.25) is 0 Å². The maximum Gasteiger partial charge on any atom is 0.125 e. The SMILES string of the molecule is C=C/C(=C\C=C/C)N1C(CC)=Cc2cccc(O)c2C1=C1CC1. The topological polar surface area (TPSA) is 23.5 Å². The molecule has 1 aliphatic carbocycles. The zero-order valence-electron chi connectivity index (χ0n) is 13.8. The second-order valence-electron chi connectivity index (χ2n) is 5.84. The van der Waals surface area contributed by atoms with Crippen LogP contribution in [0, 0.1) is 0 Å². The molecule has 0 radical (unpaired) electrons. The van der Waals surface area contributed by atoms with E-state index in [4.69, 9.17) is 0 Å². The monoisotopic (exact) mass is 305 g/mol. The first-order valence-corrected chi connectivity index (χ1v) is 8.21. The predicted molar refractivity (Wildman–Crippen MR) is 97.5 cm³/mol. The highest BCUT2D eigenvalue weighted by atomic mass is 16.3. The Morgan fingerprint density at radius 2 is 2.13 bits per heavy atom. The second-order valence-corrected chi connectivity index (χ2v) is 5.84. The van der Waals surface area contributed by atoms with Gasteiger partial charge in [0, 0.05) is 17.0 Å². The van der Waals surface area contributed by atoms with Gasteiger partial charge in [-0.15, -0.1) is 0 Å². The number of aromatic hydroxyl groups is 1. The van der Waals surface area contributed by atoms with Gasteiger partial charge in [-0.1, -0.05) is 37.8 Å². The molecule has 1 saturated carbocycles. The molecule has 118 valence electrons. The molecule has 3 rings (SSSR count). The molecule has 1 N–H and O–H groups in total.